The molecule has 1 aromatic carbocycles. The highest BCUT2D eigenvalue weighted by atomic mass is 32.2. The van der Waals surface area contributed by atoms with Crippen molar-refractivity contribution in [1.82, 2.24) is 19.1 Å². The Morgan fingerprint density at radius 2 is 1.91 bits per heavy atom. The third-order valence-electron chi connectivity index (χ3n) is 6.33. The van der Waals surface area contributed by atoms with Gasteiger partial charge in [0.15, 0.2) is 0 Å². The van der Waals surface area contributed by atoms with Gasteiger partial charge in [-0.3, -0.25) is 14.3 Å². The summed E-state index contributed by atoms with van der Waals surface area (Å²) in [7, 11) is -3.16. The number of para-hydroxylation sites is 1. The minimum atomic E-state index is -3.16. The van der Waals surface area contributed by atoms with Gasteiger partial charge in [0.25, 0.3) is 5.91 Å². The number of rotatable bonds is 7. The van der Waals surface area contributed by atoms with Gasteiger partial charge in [-0.2, -0.15) is 5.10 Å². The first-order valence-corrected chi connectivity index (χ1v) is 12.8. The zero-order valence-electron chi connectivity index (χ0n) is 19.2. The van der Waals surface area contributed by atoms with Crippen LogP contribution in [0, 0.1) is 12.8 Å². The number of benzene rings is 1. The number of anilines is 1. The van der Waals surface area contributed by atoms with Gasteiger partial charge >= 0.3 is 0 Å². The lowest BCUT2D eigenvalue weighted by Gasteiger charge is -2.31. The van der Waals surface area contributed by atoms with E-state index >= 15 is 0 Å². The number of fused-ring (bicyclic) bond motifs is 1. The van der Waals surface area contributed by atoms with E-state index in [2.05, 4.69) is 15.4 Å². The van der Waals surface area contributed by atoms with Crippen molar-refractivity contribution in [3.8, 4) is 0 Å². The van der Waals surface area contributed by atoms with Gasteiger partial charge < -0.3 is 11.1 Å². The summed E-state index contributed by atoms with van der Waals surface area (Å²) in [6.07, 6.45) is 3.11. The smallest absolute Gasteiger partial charge is 0.274 e. The van der Waals surface area contributed by atoms with Gasteiger partial charge in [-0.05, 0) is 44.7 Å². The Kier molecular flexibility index (Phi) is 6.67. The van der Waals surface area contributed by atoms with Crippen LogP contribution < -0.4 is 11.1 Å². The molecule has 10 nitrogen and oxygen atoms in total. The molecule has 3 aromatic rings. The van der Waals surface area contributed by atoms with Crippen LogP contribution in [-0.4, -0.2) is 58.1 Å². The molecule has 1 fully saturated rings. The van der Waals surface area contributed by atoms with Crippen molar-refractivity contribution in [2.24, 2.45) is 11.7 Å². The van der Waals surface area contributed by atoms with Gasteiger partial charge in [0, 0.05) is 25.0 Å². The van der Waals surface area contributed by atoms with Crippen LogP contribution in [0.1, 0.15) is 46.3 Å². The second-order valence-corrected chi connectivity index (χ2v) is 10.7. The highest BCUT2D eigenvalue weighted by molar-refractivity contribution is 7.89. The van der Waals surface area contributed by atoms with Crippen LogP contribution in [-0.2, 0) is 16.6 Å². The number of hydrogen-bond donors (Lipinski definition) is 2. The molecule has 0 spiro atoms. The van der Waals surface area contributed by atoms with E-state index in [0.29, 0.717) is 42.1 Å². The summed E-state index contributed by atoms with van der Waals surface area (Å²) < 4.78 is 27.5. The van der Waals surface area contributed by atoms with Crippen molar-refractivity contribution < 1.29 is 18.0 Å². The van der Waals surface area contributed by atoms with Crippen LogP contribution in [0.3, 0.4) is 0 Å². The number of amides is 2. The van der Waals surface area contributed by atoms with Crippen molar-refractivity contribution in [3.05, 3.63) is 53.5 Å². The quantitative estimate of drug-likeness (QED) is 0.527. The molecular weight excluding hydrogens is 456 g/mol. The van der Waals surface area contributed by atoms with Crippen molar-refractivity contribution in [1.29, 1.82) is 0 Å². The topological polar surface area (TPSA) is 140 Å². The van der Waals surface area contributed by atoms with E-state index in [1.165, 1.54) is 6.07 Å². The predicted molar refractivity (Wildman–Crippen MR) is 129 cm³/mol. The minimum absolute atomic E-state index is 0.0872. The first-order chi connectivity index (χ1) is 16.2. The van der Waals surface area contributed by atoms with Crippen LogP contribution in [0.15, 0.2) is 36.5 Å². The molecule has 0 bridgehead atoms. The number of nitrogens with two attached hydrogens (primary N) is 1. The Labute approximate surface area is 198 Å². The van der Waals surface area contributed by atoms with Gasteiger partial charge in [0.05, 0.1) is 34.4 Å². The fraction of sp³-hybridized carbons (Fsp3) is 0.391. The van der Waals surface area contributed by atoms with E-state index in [-0.39, 0.29) is 17.0 Å². The Hall–Kier alpha value is -3.31. The molecule has 34 heavy (non-hydrogen) atoms. The third kappa shape index (κ3) is 4.80. The number of aromatic nitrogens is 3. The number of piperidine rings is 1. The van der Waals surface area contributed by atoms with Crippen LogP contribution in [0.4, 0.5) is 5.69 Å². The summed E-state index contributed by atoms with van der Waals surface area (Å²) in [6, 6.07) is 8.41. The fourth-order valence-electron chi connectivity index (χ4n) is 4.23. The lowest BCUT2D eigenvalue weighted by atomic mass is 9.98. The normalized spacial score (nSPS) is 15.5. The second-order valence-electron chi connectivity index (χ2n) is 8.46. The number of carbonyl (C=O) groups excluding carboxylic acids is 2. The summed E-state index contributed by atoms with van der Waals surface area (Å²) >= 11 is 0. The SMILES string of the molecule is CCS(=O)(=O)N1CCC(Cn2ncc(NC(=O)c3cc(C(N)=O)c4ccccc4n3)c2C)CC1. The van der Waals surface area contributed by atoms with Crippen molar-refractivity contribution in [2.75, 3.05) is 24.2 Å². The molecule has 0 unspecified atom stereocenters. The molecule has 4 rings (SSSR count). The Bertz CT molecular complexity index is 1340. The summed E-state index contributed by atoms with van der Waals surface area (Å²) in [5, 5.41) is 7.83. The first kappa shape index (κ1) is 23.8. The lowest BCUT2D eigenvalue weighted by molar-refractivity contribution is 0.100. The minimum Gasteiger partial charge on any atom is -0.366 e. The molecule has 0 saturated carbocycles. The van der Waals surface area contributed by atoms with E-state index < -0.39 is 21.8 Å². The Morgan fingerprint density at radius 3 is 2.59 bits per heavy atom. The van der Waals surface area contributed by atoms with Crippen molar-refractivity contribution in [3.63, 3.8) is 0 Å². The summed E-state index contributed by atoms with van der Waals surface area (Å²) in [4.78, 5) is 29.2. The molecule has 2 amide bonds. The van der Waals surface area contributed by atoms with Crippen LogP contribution in [0.2, 0.25) is 0 Å². The number of primary amides is 1. The predicted octanol–water partition coefficient (Wildman–Crippen LogP) is 2.15. The number of hydrogen-bond acceptors (Lipinski definition) is 6. The van der Waals surface area contributed by atoms with Gasteiger partial charge in [0.1, 0.15) is 5.69 Å². The molecule has 3 N–H and O–H groups in total. The maximum absolute atomic E-state index is 12.9. The lowest BCUT2D eigenvalue weighted by Crippen LogP contribution is -2.40. The molecule has 0 atom stereocenters. The summed E-state index contributed by atoms with van der Waals surface area (Å²) in [6.45, 7) is 5.19. The zero-order chi connectivity index (χ0) is 24.5. The highest BCUT2D eigenvalue weighted by Gasteiger charge is 2.27. The molecule has 1 saturated heterocycles. The van der Waals surface area contributed by atoms with Gasteiger partial charge in [0.2, 0.25) is 15.9 Å². The third-order valence-corrected chi connectivity index (χ3v) is 8.21. The zero-order valence-corrected chi connectivity index (χ0v) is 20.0. The van der Waals surface area contributed by atoms with Crippen molar-refractivity contribution in [2.45, 2.75) is 33.2 Å². The molecule has 0 radical (unpaired) electrons. The molecule has 0 aliphatic carbocycles. The standard InChI is InChI=1S/C23H28N6O4S/c1-3-34(32,33)28-10-8-16(9-11-28)14-29-15(2)21(13-25-29)27-23(31)20-12-18(22(24)30)17-6-4-5-7-19(17)26-20/h4-7,12-13,16H,3,8-11,14H2,1-2H3,(H2,24,30)(H,27,31). The largest absolute Gasteiger partial charge is 0.366 e. The molecule has 180 valence electrons. The van der Waals surface area contributed by atoms with Gasteiger partial charge in [-0.25, -0.2) is 17.7 Å². The Balaban J connectivity index is 1.46. The number of sulfonamides is 1. The summed E-state index contributed by atoms with van der Waals surface area (Å²) in [5.74, 6) is -0.680. The van der Waals surface area contributed by atoms with Gasteiger partial charge in [-0.1, -0.05) is 18.2 Å². The Morgan fingerprint density at radius 1 is 1.21 bits per heavy atom. The van der Waals surface area contributed by atoms with Crippen LogP contribution >= 0.6 is 0 Å². The number of carbonyl (C=O) groups is 2. The van der Waals surface area contributed by atoms with E-state index in [1.807, 2.05) is 11.6 Å². The number of nitrogens with zero attached hydrogens (tertiary/aromatic N) is 4. The van der Waals surface area contributed by atoms with Crippen molar-refractivity contribution >= 4 is 38.4 Å². The van der Waals surface area contributed by atoms with E-state index in [4.69, 9.17) is 5.73 Å². The van der Waals surface area contributed by atoms with E-state index in [1.54, 1.807) is 41.7 Å². The van der Waals surface area contributed by atoms with Crippen LogP contribution in [0.5, 0.6) is 0 Å². The average Bonchev–Trinajstić information content (AvgIpc) is 3.17. The second kappa shape index (κ2) is 9.51. The molecule has 11 heteroatoms. The molecule has 1 aliphatic rings. The maximum Gasteiger partial charge on any atom is 0.274 e. The number of pyridine rings is 1. The number of nitrogens with one attached hydrogen (secondary N) is 1. The fourth-order valence-corrected chi connectivity index (χ4v) is 5.36. The van der Waals surface area contributed by atoms with E-state index in [0.717, 1.165) is 18.5 Å². The molecule has 2 aromatic heterocycles. The van der Waals surface area contributed by atoms with E-state index in [9.17, 15) is 18.0 Å². The summed E-state index contributed by atoms with van der Waals surface area (Å²) in [5.41, 5.74) is 7.67. The monoisotopic (exact) mass is 484 g/mol. The molecule has 3 heterocycles. The molecule has 1 aliphatic heterocycles. The maximum atomic E-state index is 12.9. The molecular formula is C23H28N6O4S. The average molecular weight is 485 g/mol. The first-order valence-electron chi connectivity index (χ1n) is 11.2. The van der Waals surface area contributed by atoms with Gasteiger partial charge in [-0.15, -0.1) is 0 Å². The van der Waals surface area contributed by atoms with Crippen LogP contribution in [0.25, 0.3) is 10.9 Å². The highest BCUT2D eigenvalue weighted by Crippen LogP contribution is 2.24.